The van der Waals surface area contributed by atoms with Crippen molar-refractivity contribution in [2.24, 2.45) is 11.8 Å². The van der Waals surface area contributed by atoms with Crippen LogP contribution in [0.1, 0.15) is 25.3 Å². The van der Waals surface area contributed by atoms with E-state index in [9.17, 15) is 9.59 Å². The maximum absolute atomic E-state index is 12.1. The molecule has 2 amide bonds. The summed E-state index contributed by atoms with van der Waals surface area (Å²) in [5.41, 5.74) is 1.02. The summed E-state index contributed by atoms with van der Waals surface area (Å²) in [6, 6.07) is 7.66. The van der Waals surface area contributed by atoms with Crippen LogP contribution in [0.3, 0.4) is 0 Å². The van der Waals surface area contributed by atoms with Gasteiger partial charge in [0.1, 0.15) is 5.75 Å². The van der Waals surface area contributed by atoms with E-state index in [0.29, 0.717) is 25.4 Å². The fourth-order valence-electron chi connectivity index (χ4n) is 2.43. The number of ether oxygens (including phenoxy) is 1. The number of carbonyl (C=O) groups excluding carboxylic acids is 2. The molecule has 1 aliphatic rings. The SMILES string of the molecule is COc1cccc(CN(C)C(=O)CCNC(=O)[C@H]2C[C@H]2C)c1. The summed E-state index contributed by atoms with van der Waals surface area (Å²) in [6.45, 7) is 3.00. The van der Waals surface area contributed by atoms with Crippen LogP contribution in [0.25, 0.3) is 0 Å². The second-order valence-corrected chi connectivity index (χ2v) is 5.96. The molecule has 2 rings (SSSR count). The smallest absolute Gasteiger partial charge is 0.224 e. The third kappa shape index (κ3) is 4.48. The molecule has 5 nitrogen and oxygen atoms in total. The lowest BCUT2D eigenvalue weighted by molar-refractivity contribution is -0.130. The van der Waals surface area contributed by atoms with E-state index in [1.807, 2.05) is 24.3 Å². The monoisotopic (exact) mass is 304 g/mol. The molecule has 0 radical (unpaired) electrons. The van der Waals surface area contributed by atoms with Crippen molar-refractivity contribution in [1.82, 2.24) is 10.2 Å². The van der Waals surface area contributed by atoms with E-state index >= 15 is 0 Å². The number of hydrogen-bond donors (Lipinski definition) is 1. The van der Waals surface area contributed by atoms with Crippen molar-refractivity contribution in [3.63, 3.8) is 0 Å². The van der Waals surface area contributed by atoms with Crippen LogP contribution in [0.15, 0.2) is 24.3 Å². The van der Waals surface area contributed by atoms with E-state index < -0.39 is 0 Å². The van der Waals surface area contributed by atoms with Gasteiger partial charge in [0.25, 0.3) is 0 Å². The van der Waals surface area contributed by atoms with Crippen LogP contribution >= 0.6 is 0 Å². The minimum Gasteiger partial charge on any atom is -0.497 e. The molecule has 0 saturated heterocycles. The topological polar surface area (TPSA) is 58.6 Å². The average Bonchev–Trinajstić information content (AvgIpc) is 3.24. The third-order valence-corrected chi connectivity index (χ3v) is 4.06. The molecule has 1 aliphatic carbocycles. The van der Waals surface area contributed by atoms with Crippen LogP contribution in [0.4, 0.5) is 0 Å². The first-order valence-electron chi connectivity index (χ1n) is 7.66. The Hall–Kier alpha value is -2.04. The summed E-state index contributed by atoms with van der Waals surface area (Å²) >= 11 is 0. The Kier molecular flexibility index (Phi) is 5.41. The van der Waals surface area contributed by atoms with Crippen LogP contribution in [0.2, 0.25) is 0 Å². The Morgan fingerprint density at radius 1 is 1.41 bits per heavy atom. The third-order valence-electron chi connectivity index (χ3n) is 4.06. The highest BCUT2D eigenvalue weighted by Gasteiger charge is 2.38. The highest BCUT2D eigenvalue weighted by Crippen LogP contribution is 2.37. The van der Waals surface area contributed by atoms with Crippen molar-refractivity contribution >= 4 is 11.8 Å². The summed E-state index contributed by atoms with van der Waals surface area (Å²) in [7, 11) is 3.39. The molecule has 120 valence electrons. The number of methoxy groups -OCH3 is 1. The van der Waals surface area contributed by atoms with Gasteiger partial charge in [-0.2, -0.15) is 0 Å². The predicted octanol–water partition coefficient (Wildman–Crippen LogP) is 1.82. The molecule has 0 spiro atoms. The molecule has 5 heteroatoms. The number of nitrogens with zero attached hydrogens (tertiary/aromatic N) is 1. The van der Waals surface area contributed by atoms with Crippen LogP contribution in [-0.2, 0) is 16.1 Å². The first-order valence-corrected chi connectivity index (χ1v) is 7.66. The number of amides is 2. The number of benzene rings is 1. The molecule has 2 atom stereocenters. The Labute approximate surface area is 131 Å². The van der Waals surface area contributed by atoms with Crippen LogP contribution in [0, 0.1) is 11.8 Å². The quantitative estimate of drug-likeness (QED) is 0.836. The van der Waals surface area contributed by atoms with E-state index in [-0.39, 0.29) is 17.7 Å². The highest BCUT2D eigenvalue weighted by atomic mass is 16.5. The summed E-state index contributed by atoms with van der Waals surface area (Å²) in [5, 5.41) is 2.84. The summed E-state index contributed by atoms with van der Waals surface area (Å²) in [6.07, 6.45) is 1.29. The molecule has 1 aromatic carbocycles. The van der Waals surface area contributed by atoms with Crippen molar-refractivity contribution in [3.05, 3.63) is 29.8 Å². The van der Waals surface area contributed by atoms with Crippen LogP contribution < -0.4 is 10.1 Å². The van der Waals surface area contributed by atoms with Crippen molar-refractivity contribution in [3.8, 4) is 5.75 Å². The van der Waals surface area contributed by atoms with Gasteiger partial charge in [-0.05, 0) is 30.0 Å². The lowest BCUT2D eigenvalue weighted by atomic mass is 10.2. The van der Waals surface area contributed by atoms with Gasteiger partial charge < -0.3 is 15.0 Å². The zero-order chi connectivity index (χ0) is 16.1. The normalized spacial score (nSPS) is 19.4. The number of hydrogen-bond acceptors (Lipinski definition) is 3. The minimum absolute atomic E-state index is 0.0203. The predicted molar refractivity (Wildman–Crippen MR) is 84.4 cm³/mol. The molecule has 0 aliphatic heterocycles. The molecule has 0 aromatic heterocycles. The Balaban J connectivity index is 1.73. The number of rotatable bonds is 7. The Morgan fingerprint density at radius 3 is 2.77 bits per heavy atom. The van der Waals surface area contributed by atoms with Gasteiger partial charge in [0.05, 0.1) is 7.11 Å². The molecule has 1 N–H and O–H groups in total. The zero-order valence-corrected chi connectivity index (χ0v) is 13.5. The van der Waals surface area contributed by atoms with Gasteiger partial charge >= 0.3 is 0 Å². The Morgan fingerprint density at radius 2 is 2.14 bits per heavy atom. The van der Waals surface area contributed by atoms with Crippen LogP contribution in [0.5, 0.6) is 5.75 Å². The van der Waals surface area contributed by atoms with E-state index in [4.69, 9.17) is 4.74 Å². The summed E-state index contributed by atoms with van der Waals surface area (Å²) < 4.78 is 5.17. The second-order valence-electron chi connectivity index (χ2n) is 5.96. The van der Waals surface area contributed by atoms with Gasteiger partial charge in [0, 0.05) is 32.5 Å². The van der Waals surface area contributed by atoms with Crippen molar-refractivity contribution in [2.45, 2.75) is 26.3 Å². The standard InChI is InChI=1S/C17H24N2O3/c1-12-9-15(12)17(21)18-8-7-16(20)19(2)11-13-5-4-6-14(10-13)22-3/h4-6,10,12,15H,7-9,11H2,1-3H3,(H,18,21)/t12-,15+/m1/s1. The van der Waals surface area contributed by atoms with Gasteiger partial charge in [0.15, 0.2) is 0 Å². The van der Waals surface area contributed by atoms with Crippen molar-refractivity contribution in [1.29, 1.82) is 0 Å². The second kappa shape index (κ2) is 7.29. The van der Waals surface area contributed by atoms with Crippen molar-refractivity contribution in [2.75, 3.05) is 20.7 Å². The molecule has 22 heavy (non-hydrogen) atoms. The molecule has 0 heterocycles. The van der Waals surface area contributed by atoms with E-state index in [1.54, 1.807) is 19.1 Å². The fraction of sp³-hybridized carbons (Fsp3) is 0.529. The molecule has 0 bridgehead atoms. The molecule has 0 unspecified atom stereocenters. The number of nitrogens with one attached hydrogen (secondary N) is 1. The lowest BCUT2D eigenvalue weighted by Crippen LogP contribution is -2.32. The molecule has 1 fully saturated rings. The van der Waals surface area contributed by atoms with Crippen molar-refractivity contribution < 1.29 is 14.3 Å². The van der Waals surface area contributed by atoms with E-state index in [0.717, 1.165) is 17.7 Å². The van der Waals surface area contributed by atoms with E-state index in [1.165, 1.54) is 0 Å². The van der Waals surface area contributed by atoms with Crippen LogP contribution in [-0.4, -0.2) is 37.4 Å². The molecular formula is C17H24N2O3. The maximum Gasteiger partial charge on any atom is 0.224 e. The number of carbonyl (C=O) groups is 2. The average molecular weight is 304 g/mol. The van der Waals surface area contributed by atoms with Gasteiger partial charge in [-0.3, -0.25) is 9.59 Å². The maximum atomic E-state index is 12.1. The molecule has 1 saturated carbocycles. The Bertz CT molecular complexity index is 544. The first-order chi connectivity index (χ1) is 10.5. The van der Waals surface area contributed by atoms with Gasteiger partial charge in [-0.15, -0.1) is 0 Å². The zero-order valence-electron chi connectivity index (χ0n) is 13.5. The lowest BCUT2D eigenvalue weighted by Gasteiger charge is -2.18. The fourth-order valence-corrected chi connectivity index (χ4v) is 2.43. The van der Waals surface area contributed by atoms with Gasteiger partial charge in [-0.1, -0.05) is 19.1 Å². The molecule has 1 aromatic rings. The largest absolute Gasteiger partial charge is 0.497 e. The first kappa shape index (κ1) is 16.3. The summed E-state index contributed by atoms with van der Waals surface area (Å²) in [5.74, 6) is 1.53. The highest BCUT2D eigenvalue weighted by molar-refractivity contribution is 5.82. The van der Waals surface area contributed by atoms with Gasteiger partial charge in [-0.25, -0.2) is 0 Å². The summed E-state index contributed by atoms with van der Waals surface area (Å²) in [4.78, 5) is 25.4. The molecular weight excluding hydrogens is 280 g/mol. The van der Waals surface area contributed by atoms with E-state index in [2.05, 4.69) is 12.2 Å². The van der Waals surface area contributed by atoms with Gasteiger partial charge in [0.2, 0.25) is 11.8 Å². The minimum atomic E-state index is 0.0203.